The summed E-state index contributed by atoms with van der Waals surface area (Å²) < 4.78 is 21.8. The molecule has 0 bridgehead atoms. The fraction of sp³-hybridized carbons (Fsp3) is 0.321. The van der Waals surface area contributed by atoms with Crippen LogP contribution in [0.5, 0.6) is 17.2 Å². The average molecular weight is 477 g/mol. The van der Waals surface area contributed by atoms with Gasteiger partial charge >= 0.3 is 0 Å². The molecule has 1 amide bonds. The topological polar surface area (TPSA) is 69.3 Å². The predicted octanol–water partition coefficient (Wildman–Crippen LogP) is 5.04. The summed E-state index contributed by atoms with van der Waals surface area (Å²) in [5, 5.41) is 2.98. The Morgan fingerprint density at radius 3 is 2.54 bits per heavy atom. The van der Waals surface area contributed by atoms with E-state index in [2.05, 4.69) is 34.5 Å². The van der Waals surface area contributed by atoms with Gasteiger partial charge in [0.05, 0.1) is 19.3 Å². The van der Waals surface area contributed by atoms with Crippen LogP contribution in [0.15, 0.2) is 66.7 Å². The number of hydrogen-bond acceptors (Lipinski definition) is 6. The number of aryl methyl sites for hydroxylation is 1. The normalized spacial score (nSPS) is 12.9. The van der Waals surface area contributed by atoms with Crippen LogP contribution in [0.25, 0.3) is 0 Å². The van der Waals surface area contributed by atoms with Gasteiger partial charge in [0.15, 0.2) is 6.79 Å². The van der Waals surface area contributed by atoms with Crippen molar-refractivity contribution in [3.8, 4) is 17.2 Å². The molecule has 0 unspecified atom stereocenters. The molecule has 4 rings (SSSR count). The number of rotatable bonds is 10. The molecule has 0 atom stereocenters. The van der Waals surface area contributed by atoms with E-state index in [9.17, 15) is 4.79 Å². The summed E-state index contributed by atoms with van der Waals surface area (Å²) >= 11 is 0. The number of benzene rings is 3. The molecule has 7 nitrogen and oxygen atoms in total. The van der Waals surface area contributed by atoms with Crippen LogP contribution in [0.1, 0.15) is 24.0 Å². The minimum atomic E-state index is -0.105. The van der Waals surface area contributed by atoms with Crippen molar-refractivity contribution in [3.05, 3.63) is 77.9 Å². The zero-order valence-corrected chi connectivity index (χ0v) is 20.3. The van der Waals surface area contributed by atoms with Crippen molar-refractivity contribution in [3.63, 3.8) is 0 Å². The van der Waals surface area contributed by atoms with E-state index in [0.717, 1.165) is 42.8 Å². The van der Waals surface area contributed by atoms with E-state index in [1.54, 1.807) is 32.4 Å². The van der Waals surface area contributed by atoms with Crippen molar-refractivity contribution in [1.29, 1.82) is 0 Å². The molecule has 0 spiro atoms. The maximum Gasteiger partial charge on any atom is 0.243 e. The van der Waals surface area contributed by atoms with Gasteiger partial charge in [-0.15, -0.1) is 0 Å². The lowest BCUT2D eigenvalue weighted by Gasteiger charge is -2.25. The summed E-state index contributed by atoms with van der Waals surface area (Å²) in [5.41, 5.74) is 4.02. The molecule has 1 aliphatic rings. The van der Waals surface area contributed by atoms with Crippen LogP contribution < -0.4 is 24.4 Å². The standard InChI is InChI=1S/C28H32N2O5/c1-32-20-35-24-11-13-25(27(17-24)33-2)29-28(31)18-30-15-7-6-10-22-16-23(12-14-26(22)30)34-19-21-8-4-3-5-9-21/h3-5,8-9,11-14,16-17H,6-7,10,15,18-20H2,1-2H3,(H,29,31). The second-order valence-corrected chi connectivity index (χ2v) is 8.40. The van der Waals surface area contributed by atoms with Gasteiger partial charge in [-0.05, 0) is 60.7 Å². The first-order valence-corrected chi connectivity index (χ1v) is 11.8. The van der Waals surface area contributed by atoms with Gasteiger partial charge in [0.2, 0.25) is 5.91 Å². The molecule has 0 saturated heterocycles. The lowest BCUT2D eigenvalue weighted by atomic mass is 10.1. The van der Waals surface area contributed by atoms with Crippen molar-refractivity contribution in [2.45, 2.75) is 25.9 Å². The molecule has 0 aromatic heterocycles. The van der Waals surface area contributed by atoms with E-state index in [4.69, 9.17) is 18.9 Å². The molecule has 0 radical (unpaired) electrons. The van der Waals surface area contributed by atoms with E-state index in [1.807, 2.05) is 24.3 Å². The SMILES string of the molecule is COCOc1ccc(NC(=O)CN2CCCCc3cc(OCc4ccccc4)ccc32)c(OC)c1. The molecule has 35 heavy (non-hydrogen) atoms. The molecule has 7 heteroatoms. The highest BCUT2D eigenvalue weighted by molar-refractivity contribution is 5.95. The Morgan fingerprint density at radius 2 is 1.74 bits per heavy atom. The largest absolute Gasteiger partial charge is 0.494 e. The maximum atomic E-state index is 13.0. The number of nitrogens with zero attached hydrogens (tertiary/aromatic N) is 1. The number of anilines is 2. The highest BCUT2D eigenvalue weighted by Crippen LogP contribution is 2.32. The van der Waals surface area contributed by atoms with Gasteiger partial charge in [0.25, 0.3) is 0 Å². The van der Waals surface area contributed by atoms with E-state index < -0.39 is 0 Å². The molecule has 1 heterocycles. The summed E-state index contributed by atoms with van der Waals surface area (Å²) in [6.45, 7) is 1.75. The Labute approximate surface area is 206 Å². The van der Waals surface area contributed by atoms with Gasteiger partial charge in [-0.2, -0.15) is 0 Å². The van der Waals surface area contributed by atoms with Crippen LogP contribution in [0.4, 0.5) is 11.4 Å². The lowest BCUT2D eigenvalue weighted by Crippen LogP contribution is -2.34. The Balaban J connectivity index is 1.42. The number of carbonyl (C=O) groups excluding carboxylic acids is 1. The first-order chi connectivity index (χ1) is 17.2. The van der Waals surface area contributed by atoms with Crippen LogP contribution >= 0.6 is 0 Å². The van der Waals surface area contributed by atoms with Crippen molar-refractivity contribution in [2.75, 3.05) is 44.3 Å². The van der Waals surface area contributed by atoms with Gasteiger partial charge in [-0.1, -0.05) is 30.3 Å². The zero-order valence-electron chi connectivity index (χ0n) is 20.3. The van der Waals surface area contributed by atoms with Crippen LogP contribution in [-0.4, -0.2) is 40.0 Å². The van der Waals surface area contributed by atoms with Gasteiger partial charge in [0, 0.05) is 25.4 Å². The number of amides is 1. The number of carbonyl (C=O) groups is 1. The molecular formula is C28H32N2O5. The minimum Gasteiger partial charge on any atom is -0.494 e. The summed E-state index contributed by atoms with van der Waals surface area (Å²) in [4.78, 5) is 15.1. The van der Waals surface area contributed by atoms with Crippen molar-refractivity contribution < 1.29 is 23.7 Å². The third-order valence-corrected chi connectivity index (χ3v) is 5.89. The lowest BCUT2D eigenvalue weighted by molar-refractivity contribution is -0.115. The van der Waals surface area contributed by atoms with Crippen molar-refractivity contribution in [2.24, 2.45) is 0 Å². The van der Waals surface area contributed by atoms with Crippen LogP contribution in [0, 0.1) is 0 Å². The van der Waals surface area contributed by atoms with Gasteiger partial charge in [0.1, 0.15) is 23.9 Å². The quantitative estimate of drug-likeness (QED) is 0.414. The van der Waals surface area contributed by atoms with Crippen LogP contribution in [-0.2, 0) is 22.6 Å². The molecule has 0 saturated carbocycles. The third-order valence-electron chi connectivity index (χ3n) is 5.89. The van der Waals surface area contributed by atoms with Crippen LogP contribution in [0.2, 0.25) is 0 Å². The van der Waals surface area contributed by atoms with Crippen molar-refractivity contribution >= 4 is 17.3 Å². The summed E-state index contributed by atoms with van der Waals surface area (Å²) in [6, 6.07) is 21.6. The average Bonchev–Trinajstić information content (AvgIpc) is 3.09. The fourth-order valence-electron chi connectivity index (χ4n) is 4.16. The molecule has 1 N–H and O–H groups in total. The predicted molar refractivity (Wildman–Crippen MR) is 136 cm³/mol. The Morgan fingerprint density at radius 1 is 0.943 bits per heavy atom. The second-order valence-electron chi connectivity index (χ2n) is 8.40. The minimum absolute atomic E-state index is 0.105. The van der Waals surface area contributed by atoms with E-state index >= 15 is 0 Å². The Hall–Kier alpha value is -3.71. The molecular weight excluding hydrogens is 444 g/mol. The molecule has 3 aromatic carbocycles. The van der Waals surface area contributed by atoms with Crippen molar-refractivity contribution in [1.82, 2.24) is 0 Å². The number of ether oxygens (including phenoxy) is 4. The van der Waals surface area contributed by atoms with Crippen LogP contribution in [0.3, 0.4) is 0 Å². The smallest absolute Gasteiger partial charge is 0.243 e. The van der Waals surface area contributed by atoms with E-state index in [0.29, 0.717) is 23.8 Å². The van der Waals surface area contributed by atoms with Gasteiger partial charge in [-0.25, -0.2) is 0 Å². The summed E-state index contributed by atoms with van der Waals surface area (Å²) in [6.07, 6.45) is 3.06. The third kappa shape index (κ3) is 6.67. The Bertz CT molecular complexity index is 1120. The fourth-order valence-corrected chi connectivity index (χ4v) is 4.16. The first kappa shape index (κ1) is 24.4. The highest BCUT2D eigenvalue weighted by Gasteiger charge is 2.19. The highest BCUT2D eigenvalue weighted by atomic mass is 16.7. The molecule has 0 fully saturated rings. The molecule has 3 aromatic rings. The first-order valence-electron chi connectivity index (χ1n) is 11.8. The molecule has 0 aliphatic carbocycles. The van der Waals surface area contributed by atoms with E-state index in [1.165, 1.54) is 5.56 Å². The number of methoxy groups -OCH3 is 2. The molecule has 184 valence electrons. The second kappa shape index (κ2) is 12.1. The summed E-state index contributed by atoms with van der Waals surface area (Å²) in [5.74, 6) is 1.88. The van der Waals surface area contributed by atoms with E-state index in [-0.39, 0.29) is 19.2 Å². The number of fused-ring (bicyclic) bond motifs is 1. The number of hydrogen-bond donors (Lipinski definition) is 1. The number of nitrogens with one attached hydrogen (secondary N) is 1. The molecule has 1 aliphatic heterocycles. The Kier molecular flexibility index (Phi) is 8.46. The summed E-state index contributed by atoms with van der Waals surface area (Å²) in [7, 11) is 3.12. The maximum absolute atomic E-state index is 13.0. The van der Waals surface area contributed by atoms with Gasteiger partial charge in [-0.3, -0.25) is 4.79 Å². The monoisotopic (exact) mass is 476 g/mol. The zero-order chi connectivity index (χ0) is 24.5. The van der Waals surface area contributed by atoms with Gasteiger partial charge < -0.3 is 29.2 Å².